The molecule has 1 rings (SSSR count). The summed E-state index contributed by atoms with van der Waals surface area (Å²) in [6, 6.07) is 4.30. The highest BCUT2D eigenvalue weighted by Crippen LogP contribution is 2.25. The van der Waals surface area contributed by atoms with E-state index in [-0.39, 0.29) is 23.9 Å². The van der Waals surface area contributed by atoms with Gasteiger partial charge in [-0.25, -0.2) is 4.79 Å². The Labute approximate surface area is 126 Å². The van der Waals surface area contributed by atoms with Gasteiger partial charge in [0.05, 0.1) is 17.3 Å². The standard InChI is InChI=1S/C12H16Cl2N2O2S/c1-7(11(6-17)19-2)15-12(18)16-10-4-3-8(13)5-9(10)14/h3-5,7,11,17H,6H2,1-2H3,(H2,15,16,18). The first-order chi connectivity index (χ1) is 8.97. The van der Waals surface area contributed by atoms with Crippen LogP contribution in [0.2, 0.25) is 10.0 Å². The monoisotopic (exact) mass is 322 g/mol. The van der Waals surface area contributed by atoms with E-state index >= 15 is 0 Å². The fourth-order valence-corrected chi connectivity index (χ4v) is 2.57. The minimum atomic E-state index is -0.371. The molecule has 0 heterocycles. The van der Waals surface area contributed by atoms with E-state index in [1.165, 1.54) is 11.8 Å². The number of benzene rings is 1. The van der Waals surface area contributed by atoms with E-state index in [0.29, 0.717) is 15.7 Å². The van der Waals surface area contributed by atoms with Crippen molar-refractivity contribution in [3.63, 3.8) is 0 Å². The topological polar surface area (TPSA) is 61.4 Å². The molecule has 3 N–H and O–H groups in total. The summed E-state index contributed by atoms with van der Waals surface area (Å²) < 4.78 is 0. The number of rotatable bonds is 5. The lowest BCUT2D eigenvalue weighted by atomic mass is 10.2. The van der Waals surface area contributed by atoms with Crippen molar-refractivity contribution in [3.8, 4) is 0 Å². The molecule has 0 aromatic heterocycles. The third-order valence-corrected chi connectivity index (χ3v) is 4.29. The first-order valence-electron chi connectivity index (χ1n) is 5.64. The Hall–Kier alpha value is -0.620. The van der Waals surface area contributed by atoms with Crippen molar-refractivity contribution in [1.82, 2.24) is 5.32 Å². The molecule has 0 spiro atoms. The van der Waals surface area contributed by atoms with Crippen LogP contribution >= 0.6 is 35.0 Å². The normalized spacial score (nSPS) is 13.7. The second-order valence-corrected chi connectivity index (χ2v) is 5.89. The molecule has 2 atom stereocenters. The Morgan fingerprint density at radius 3 is 2.68 bits per heavy atom. The zero-order chi connectivity index (χ0) is 14.4. The van der Waals surface area contributed by atoms with E-state index in [1.54, 1.807) is 18.2 Å². The second kappa shape index (κ2) is 7.85. The van der Waals surface area contributed by atoms with Crippen molar-refractivity contribution >= 4 is 46.7 Å². The molecule has 1 aromatic carbocycles. The molecule has 2 amide bonds. The Morgan fingerprint density at radius 2 is 2.16 bits per heavy atom. The Bertz CT molecular complexity index is 442. The number of hydrogen-bond acceptors (Lipinski definition) is 3. The molecule has 0 fully saturated rings. The molecular formula is C12H16Cl2N2O2S. The summed E-state index contributed by atoms with van der Waals surface area (Å²) >= 11 is 13.2. The minimum Gasteiger partial charge on any atom is -0.395 e. The Morgan fingerprint density at radius 1 is 1.47 bits per heavy atom. The van der Waals surface area contributed by atoms with Crippen molar-refractivity contribution < 1.29 is 9.90 Å². The number of carbonyl (C=O) groups is 1. The maximum atomic E-state index is 11.8. The van der Waals surface area contributed by atoms with E-state index in [4.69, 9.17) is 28.3 Å². The number of thioether (sulfide) groups is 1. The third kappa shape index (κ3) is 5.10. The first-order valence-corrected chi connectivity index (χ1v) is 7.68. The van der Waals surface area contributed by atoms with Gasteiger partial charge in [0.25, 0.3) is 0 Å². The number of aliphatic hydroxyl groups excluding tert-OH is 1. The number of halogens is 2. The molecule has 19 heavy (non-hydrogen) atoms. The number of nitrogens with one attached hydrogen (secondary N) is 2. The molecule has 2 unspecified atom stereocenters. The lowest BCUT2D eigenvalue weighted by molar-refractivity contribution is 0.243. The van der Waals surface area contributed by atoms with Gasteiger partial charge >= 0.3 is 6.03 Å². The largest absolute Gasteiger partial charge is 0.395 e. The van der Waals surface area contributed by atoms with Crippen LogP contribution in [-0.4, -0.2) is 35.3 Å². The molecule has 1 aromatic rings. The molecule has 0 saturated carbocycles. The van der Waals surface area contributed by atoms with Gasteiger partial charge in [-0.15, -0.1) is 0 Å². The number of aliphatic hydroxyl groups is 1. The smallest absolute Gasteiger partial charge is 0.319 e. The van der Waals surface area contributed by atoms with Crippen LogP contribution in [0.25, 0.3) is 0 Å². The molecule has 0 bridgehead atoms. The average molecular weight is 323 g/mol. The average Bonchev–Trinajstić information content (AvgIpc) is 2.34. The SMILES string of the molecule is CSC(CO)C(C)NC(=O)Nc1ccc(Cl)cc1Cl. The number of urea groups is 1. The Kier molecular flexibility index (Phi) is 6.79. The van der Waals surface area contributed by atoms with Gasteiger partial charge in [0.1, 0.15) is 0 Å². The van der Waals surface area contributed by atoms with Crippen LogP contribution in [0.5, 0.6) is 0 Å². The van der Waals surface area contributed by atoms with Crippen LogP contribution in [0.4, 0.5) is 10.5 Å². The predicted octanol–water partition coefficient (Wildman–Crippen LogP) is 3.23. The number of carbonyl (C=O) groups excluding carboxylic acids is 1. The fourth-order valence-electron chi connectivity index (χ4n) is 1.49. The summed E-state index contributed by atoms with van der Waals surface area (Å²) in [7, 11) is 0. The van der Waals surface area contributed by atoms with Crippen molar-refractivity contribution in [2.45, 2.75) is 18.2 Å². The minimum absolute atomic E-state index is 0.00428. The van der Waals surface area contributed by atoms with E-state index in [1.807, 2.05) is 13.2 Å². The molecule has 106 valence electrons. The van der Waals surface area contributed by atoms with E-state index in [9.17, 15) is 4.79 Å². The van der Waals surface area contributed by atoms with Gasteiger partial charge in [0.2, 0.25) is 0 Å². The van der Waals surface area contributed by atoms with E-state index in [2.05, 4.69) is 10.6 Å². The number of anilines is 1. The maximum absolute atomic E-state index is 11.8. The van der Waals surface area contributed by atoms with Gasteiger partial charge in [-0.2, -0.15) is 11.8 Å². The first kappa shape index (κ1) is 16.4. The van der Waals surface area contributed by atoms with E-state index < -0.39 is 0 Å². The Balaban J connectivity index is 2.60. The molecular weight excluding hydrogens is 307 g/mol. The maximum Gasteiger partial charge on any atom is 0.319 e. The van der Waals surface area contributed by atoms with E-state index in [0.717, 1.165) is 0 Å². The van der Waals surface area contributed by atoms with Crippen LogP contribution in [0.3, 0.4) is 0 Å². The van der Waals surface area contributed by atoms with Crippen LogP contribution in [0.1, 0.15) is 6.92 Å². The molecule has 0 aliphatic carbocycles. The van der Waals surface area contributed by atoms with Crippen LogP contribution in [-0.2, 0) is 0 Å². The molecule has 0 radical (unpaired) electrons. The van der Waals surface area contributed by atoms with Gasteiger partial charge in [0.15, 0.2) is 0 Å². The summed E-state index contributed by atoms with van der Waals surface area (Å²) in [6.07, 6.45) is 1.88. The van der Waals surface area contributed by atoms with Crippen molar-refractivity contribution in [2.75, 3.05) is 18.2 Å². The van der Waals surface area contributed by atoms with Gasteiger partial charge in [-0.05, 0) is 31.4 Å². The quantitative estimate of drug-likeness (QED) is 0.780. The predicted molar refractivity (Wildman–Crippen MR) is 82.5 cm³/mol. The third-order valence-electron chi connectivity index (χ3n) is 2.58. The molecule has 0 aliphatic rings. The van der Waals surface area contributed by atoms with Crippen LogP contribution in [0.15, 0.2) is 18.2 Å². The van der Waals surface area contributed by atoms with Gasteiger partial charge in [0, 0.05) is 16.3 Å². The zero-order valence-corrected chi connectivity index (χ0v) is 12.9. The number of amides is 2. The van der Waals surface area contributed by atoms with Gasteiger partial charge in [-0.3, -0.25) is 0 Å². The molecule has 7 heteroatoms. The van der Waals surface area contributed by atoms with Crippen molar-refractivity contribution in [3.05, 3.63) is 28.2 Å². The summed E-state index contributed by atoms with van der Waals surface area (Å²) in [5.74, 6) is 0. The summed E-state index contributed by atoms with van der Waals surface area (Å²) in [5, 5.41) is 15.4. The summed E-state index contributed by atoms with van der Waals surface area (Å²) in [4.78, 5) is 11.8. The van der Waals surface area contributed by atoms with Gasteiger partial charge in [-0.1, -0.05) is 23.2 Å². The highest BCUT2D eigenvalue weighted by atomic mass is 35.5. The second-order valence-electron chi connectivity index (χ2n) is 3.97. The number of hydrogen-bond donors (Lipinski definition) is 3. The van der Waals surface area contributed by atoms with Crippen molar-refractivity contribution in [2.24, 2.45) is 0 Å². The van der Waals surface area contributed by atoms with Crippen LogP contribution in [0, 0.1) is 0 Å². The highest BCUT2D eigenvalue weighted by molar-refractivity contribution is 7.99. The van der Waals surface area contributed by atoms with Crippen molar-refractivity contribution in [1.29, 1.82) is 0 Å². The fraction of sp³-hybridized carbons (Fsp3) is 0.417. The summed E-state index contributed by atoms with van der Waals surface area (Å²) in [6.45, 7) is 1.84. The summed E-state index contributed by atoms with van der Waals surface area (Å²) in [5.41, 5.74) is 0.487. The lowest BCUT2D eigenvalue weighted by Crippen LogP contribution is -2.43. The molecule has 0 saturated heterocycles. The molecule has 0 aliphatic heterocycles. The lowest BCUT2D eigenvalue weighted by Gasteiger charge is -2.21. The van der Waals surface area contributed by atoms with Crippen LogP contribution < -0.4 is 10.6 Å². The highest BCUT2D eigenvalue weighted by Gasteiger charge is 2.17. The van der Waals surface area contributed by atoms with Gasteiger partial charge < -0.3 is 15.7 Å². The molecule has 4 nitrogen and oxygen atoms in total. The zero-order valence-electron chi connectivity index (χ0n) is 10.6.